The van der Waals surface area contributed by atoms with Gasteiger partial charge in [0, 0.05) is 42.4 Å². The van der Waals surface area contributed by atoms with Crippen LogP contribution in [0, 0.1) is 11.3 Å². The molecule has 1 aliphatic rings. The normalized spacial score (nSPS) is 13.1. The number of pyridine rings is 1. The molecular weight excluding hydrogens is 420 g/mol. The fourth-order valence-corrected chi connectivity index (χ4v) is 3.64. The van der Waals surface area contributed by atoms with E-state index in [0.29, 0.717) is 53.0 Å². The Morgan fingerprint density at radius 2 is 2.06 bits per heavy atom. The van der Waals surface area contributed by atoms with Gasteiger partial charge in [0.15, 0.2) is 0 Å². The number of nitrogens with one attached hydrogen (secondary N) is 1. The maximum Gasteiger partial charge on any atom is 0.326 e. The summed E-state index contributed by atoms with van der Waals surface area (Å²) < 4.78 is 18.5. The monoisotopic (exact) mass is 442 g/mol. The molecule has 1 saturated carbocycles. The van der Waals surface area contributed by atoms with Crippen LogP contribution in [0.25, 0.3) is 21.8 Å². The molecule has 0 saturated heterocycles. The van der Waals surface area contributed by atoms with Gasteiger partial charge in [-0.15, -0.1) is 0 Å². The van der Waals surface area contributed by atoms with E-state index in [9.17, 15) is 10.1 Å². The molecule has 2 aromatic carbocycles. The molecule has 2 aromatic heterocycles. The second kappa shape index (κ2) is 8.81. The standard InChI is InChI=1S/C25H22N4O4/c1-31-10-11-32-24-14-21-20(13-17(24)15-26)23(6-8-27-21)33-19-4-5-22-16(12-19)7-9-29(22)25(30)28-18-2-3-18/h4-9,12-14,18H,2-3,10-11H2,1H3,(H,28,30). The van der Waals surface area contributed by atoms with E-state index in [1.807, 2.05) is 24.3 Å². The van der Waals surface area contributed by atoms with Crippen LogP contribution in [0.5, 0.6) is 17.2 Å². The predicted octanol–water partition coefficient (Wildman–Crippen LogP) is 4.60. The quantitative estimate of drug-likeness (QED) is 0.420. The number of nitriles is 1. The van der Waals surface area contributed by atoms with Gasteiger partial charge in [-0.1, -0.05) is 0 Å². The number of nitrogens with zero attached hydrogens (tertiary/aromatic N) is 3. The van der Waals surface area contributed by atoms with Gasteiger partial charge in [0.2, 0.25) is 0 Å². The van der Waals surface area contributed by atoms with Crippen LogP contribution in [-0.4, -0.2) is 41.9 Å². The average molecular weight is 442 g/mol. The van der Waals surface area contributed by atoms with Crippen LogP contribution in [0.2, 0.25) is 0 Å². The molecular formula is C25H22N4O4. The summed E-state index contributed by atoms with van der Waals surface area (Å²) in [7, 11) is 1.59. The molecule has 0 atom stereocenters. The van der Waals surface area contributed by atoms with Crippen molar-refractivity contribution in [2.24, 2.45) is 0 Å². The van der Waals surface area contributed by atoms with Crippen molar-refractivity contribution in [1.29, 1.82) is 5.26 Å². The number of fused-ring (bicyclic) bond motifs is 2. The third-order valence-electron chi connectivity index (χ3n) is 5.48. The molecule has 8 nitrogen and oxygen atoms in total. The third-order valence-corrected chi connectivity index (χ3v) is 5.48. The summed E-state index contributed by atoms with van der Waals surface area (Å²) in [6.45, 7) is 0.761. The highest BCUT2D eigenvalue weighted by atomic mass is 16.5. The largest absolute Gasteiger partial charge is 0.490 e. The first-order valence-corrected chi connectivity index (χ1v) is 10.7. The minimum atomic E-state index is -0.117. The van der Waals surface area contributed by atoms with Crippen molar-refractivity contribution < 1.29 is 19.0 Å². The van der Waals surface area contributed by atoms with Gasteiger partial charge in [-0.2, -0.15) is 5.26 Å². The van der Waals surface area contributed by atoms with Crippen molar-refractivity contribution in [3.05, 3.63) is 60.4 Å². The molecule has 0 aliphatic heterocycles. The van der Waals surface area contributed by atoms with Crippen LogP contribution in [0.4, 0.5) is 4.79 Å². The molecule has 8 heteroatoms. The SMILES string of the molecule is COCCOc1cc2nccc(Oc3ccc4c(ccn4C(=O)NC4CC4)c3)c2cc1C#N. The molecule has 1 amide bonds. The van der Waals surface area contributed by atoms with E-state index in [2.05, 4.69) is 16.4 Å². The first kappa shape index (κ1) is 20.8. The van der Waals surface area contributed by atoms with Gasteiger partial charge >= 0.3 is 6.03 Å². The van der Waals surface area contributed by atoms with Crippen molar-refractivity contribution in [3.63, 3.8) is 0 Å². The predicted molar refractivity (Wildman–Crippen MR) is 123 cm³/mol. The lowest BCUT2D eigenvalue weighted by Crippen LogP contribution is -2.29. The van der Waals surface area contributed by atoms with Gasteiger partial charge in [-0.3, -0.25) is 9.55 Å². The first-order chi connectivity index (χ1) is 16.2. The van der Waals surface area contributed by atoms with Gasteiger partial charge < -0.3 is 19.5 Å². The zero-order valence-electron chi connectivity index (χ0n) is 18.1. The molecule has 5 rings (SSSR count). The molecule has 1 N–H and O–H groups in total. The Kier molecular flexibility index (Phi) is 5.55. The number of amides is 1. The van der Waals surface area contributed by atoms with Crippen molar-refractivity contribution in [2.75, 3.05) is 20.3 Å². The summed E-state index contributed by atoms with van der Waals surface area (Å²) in [5, 5.41) is 14.2. The lowest BCUT2D eigenvalue weighted by molar-refractivity contribution is 0.146. The highest BCUT2D eigenvalue weighted by Gasteiger charge is 2.24. The van der Waals surface area contributed by atoms with Crippen LogP contribution >= 0.6 is 0 Å². The minimum Gasteiger partial charge on any atom is -0.490 e. The summed E-state index contributed by atoms with van der Waals surface area (Å²) in [5.74, 6) is 1.65. The van der Waals surface area contributed by atoms with Gasteiger partial charge in [-0.05, 0) is 49.2 Å². The smallest absolute Gasteiger partial charge is 0.326 e. The van der Waals surface area contributed by atoms with Crippen molar-refractivity contribution >= 4 is 27.8 Å². The number of benzene rings is 2. The minimum absolute atomic E-state index is 0.117. The van der Waals surface area contributed by atoms with Crippen molar-refractivity contribution in [2.45, 2.75) is 18.9 Å². The maximum atomic E-state index is 12.4. The van der Waals surface area contributed by atoms with Gasteiger partial charge in [0.1, 0.15) is 29.9 Å². The van der Waals surface area contributed by atoms with E-state index in [1.165, 1.54) is 0 Å². The number of methoxy groups -OCH3 is 1. The van der Waals surface area contributed by atoms with E-state index in [4.69, 9.17) is 14.2 Å². The molecule has 0 bridgehead atoms. The maximum absolute atomic E-state index is 12.4. The molecule has 166 valence electrons. The molecule has 0 radical (unpaired) electrons. The number of aromatic nitrogens is 2. The average Bonchev–Trinajstić information content (AvgIpc) is 3.54. The van der Waals surface area contributed by atoms with Crippen molar-refractivity contribution in [1.82, 2.24) is 14.9 Å². The molecule has 1 fully saturated rings. The Morgan fingerprint density at radius 1 is 1.18 bits per heavy atom. The van der Waals surface area contributed by atoms with Crippen LogP contribution in [0.15, 0.2) is 54.9 Å². The first-order valence-electron chi connectivity index (χ1n) is 10.7. The van der Waals surface area contributed by atoms with E-state index in [0.717, 1.165) is 23.7 Å². The number of hydrogen-bond acceptors (Lipinski definition) is 6. The third kappa shape index (κ3) is 4.31. The summed E-state index contributed by atoms with van der Waals surface area (Å²) in [5.41, 5.74) is 1.86. The Morgan fingerprint density at radius 3 is 2.85 bits per heavy atom. The summed E-state index contributed by atoms with van der Waals surface area (Å²) in [4.78, 5) is 16.8. The molecule has 0 unspecified atom stereocenters. The fourth-order valence-electron chi connectivity index (χ4n) is 3.64. The van der Waals surface area contributed by atoms with Crippen LogP contribution in [0.3, 0.4) is 0 Å². The van der Waals surface area contributed by atoms with E-state index >= 15 is 0 Å². The van der Waals surface area contributed by atoms with Crippen LogP contribution in [0.1, 0.15) is 18.4 Å². The second-order valence-electron chi connectivity index (χ2n) is 7.86. The summed E-state index contributed by atoms with van der Waals surface area (Å²) in [6, 6.07) is 15.0. The molecule has 4 aromatic rings. The zero-order chi connectivity index (χ0) is 22.8. The zero-order valence-corrected chi connectivity index (χ0v) is 18.1. The highest BCUT2D eigenvalue weighted by Crippen LogP contribution is 2.34. The van der Waals surface area contributed by atoms with E-state index in [1.54, 1.807) is 42.3 Å². The number of carbonyl (C=O) groups is 1. The fraction of sp³-hybridized carbons (Fsp3) is 0.240. The van der Waals surface area contributed by atoms with Crippen molar-refractivity contribution in [3.8, 4) is 23.3 Å². The van der Waals surface area contributed by atoms with E-state index in [-0.39, 0.29) is 6.03 Å². The number of rotatable bonds is 7. The molecule has 0 spiro atoms. The number of hydrogen-bond donors (Lipinski definition) is 1. The second-order valence-corrected chi connectivity index (χ2v) is 7.86. The summed E-state index contributed by atoms with van der Waals surface area (Å²) >= 11 is 0. The van der Waals surface area contributed by atoms with Crippen LogP contribution < -0.4 is 14.8 Å². The highest BCUT2D eigenvalue weighted by molar-refractivity contribution is 5.93. The Hall–Kier alpha value is -4.09. The lowest BCUT2D eigenvalue weighted by Gasteiger charge is -2.12. The number of ether oxygens (including phenoxy) is 3. The number of carbonyl (C=O) groups excluding carboxylic acids is 1. The van der Waals surface area contributed by atoms with Gasteiger partial charge in [0.25, 0.3) is 0 Å². The molecule has 33 heavy (non-hydrogen) atoms. The molecule has 2 heterocycles. The Labute approximate surface area is 190 Å². The Bertz CT molecular complexity index is 1380. The van der Waals surface area contributed by atoms with E-state index < -0.39 is 0 Å². The topological polar surface area (TPSA) is 98.4 Å². The molecule has 1 aliphatic carbocycles. The van der Waals surface area contributed by atoms with Gasteiger partial charge in [-0.25, -0.2) is 4.79 Å². The van der Waals surface area contributed by atoms with Gasteiger partial charge in [0.05, 0.1) is 23.2 Å². The summed E-state index contributed by atoms with van der Waals surface area (Å²) in [6.07, 6.45) is 5.49. The van der Waals surface area contributed by atoms with Crippen LogP contribution in [-0.2, 0) is 4.74 Å². The lowest BCUT2D eigenvalue weighted by atomic mass is 10.1. The Balaban J connectivity index is 1.43.